The van der Waals surface area contributed by atoms with Crippen molar-refractivity contribution in [2.75, 3.05) is 5.75 Å². The summed E-state index contributed by atoms with van der Waals surface area (Å²) in [5, 5.41) is 4.40. The second-order valence-electron chi connectivity index (χ2n) is 6.07. The van der Waals surface area contributed by atoms with Gasteiger partial charge >= 0.3 is 0 Å². The summed E-state index contributed by atoms with van der Waals surface area (Å²) in [6, 6.07) is 11.8. The van der Waals surface area contributed by atoms with Crippen molar-refractivity contribution in [3.63, 3.8) is 0 Å². The highest BCUT2D eigenvalue weighted by Gasteiger charge is 2.14. The molecule has 2 rings (SSSR count). The third-order valence-corrected chi connectivity index (χ3v) is 5.89. The Hall–Kier alpha value is -1.16. The third-order valence-electron chi connectivity index (χ3n) is 4.22. The van der Waals surface area contributed by atoms with Gasteiger partial charge in [0.05, 0.1) is 11.8 Å². The molecule has 0 saturated heterocycles. The Morgan fingerprint density at radius 1 is 1.12 bits per heavy atom. The molecule has 0 fully saturated rings. The number of thioether (sulfide) groups is 1. The van der Waals surface area contributed by atoms with Gasteiger partial charge in [-0.15, -0.1) is 11.8 Å². The molecule has 0 aromatic heterocycles. The smallest absolute Gasteiger partial charge is 0.230 e. The molecule has 0 heterocycles. The number of carbonyl (C=O) groups excluding carboxylic acids is 1. The molecule has 0 saturated carbocycles. The van der Waals surface area contributed by atoms with Crippen molar-refractivity contribution in [3.8, 4) is 0 Å². The van der Waals surface area contributed by atoms with E-state index in [0.717, 1.165) is 17.5 Å². The Balaban J connectivity index is 1.91. The van der Waals surface area contributed by atoms with Crippen LogP contribution in [0.3, 0.4) is 0 Å². The van der Waals surface area contributed by atoms with Crippen LogP contribution in [0.4, 0.5) is 0 Å². The number of benzene rings is 2. The normalized spacial score (nSPS) is 12.0. The number of halogens is 2. The number of hydrogen-bond acceptors (Lipinski definition) is 2. The largest absolute Gasteiger partial charge is 0.349 e. The molecule has 1 atom stereocenters. The standard InChI is InChI=1S/C20H23Cl2NOS/c1-4-19(15-9-8-13(2)14(3)10-15)23-20(24)12-25-11-16-17(21)6-5-7-18(16)22/h5-10,19H,4,11-12H2,1-3H3,(H,23,24)/t19-/m1/s1. The zero-order valence-corrected chi connectivity index (χ0v) is 17.1. The number of amides is 1. The van der Waals surface area contributed by atoms with Gasteiger partial charge in [-0.25, -0.2) is 0 Å². The summed E-state index contributed by atoms with van der Waals surface area (Å²) >= 11 is 13.8. The highest BCUT2D eigenvalue weighted by Crippen LogP contribution is 2.28. The van der Waals surface area contributed by atoms with Crippen LogP contribution in [0, 0.1) is 13.8 Å². The van der Waals surface area contributed by atoms with Crippen molar-refractivity contribution in [1.29, 1.82) is 0 Å². The molecule has 134 valence electrons. The lowest BCUT2D eigenvalue weighted by atomic mass is 9.99. The summed E-state index contributed by atoms with van der Waals surface area (Å²) in [5.74, 6) is 1.02. The molecule has 0 spiro atoms. The van der Waals surface area contributed by atoms with Gasteiger partial charge < -0.3 is 5.32 Å². The van der Waals surface area contributed by atoms with E-state index in [-0.39, 0.29) is 11.9 Å². The maximum absolute atomic E-state index is 12.3. The molecule has 2 aromatic rings. The zero-order valence-electron chi connectivity index (χ0n) is 14.7. The van der Waals surface area contributed by atoms with Crippen LogP contribution in [0.5, 0.6) is 0 Å². The zero-order chi connectivity index (χ0) is 18.4. The van der Waals surface area contributed by atoms with Gasteiger partial charge in [-0.3, -0.25) is 4.79 Å². The number of aryl methyl sites for hydroxylation is 2. The second kappa shape index (κ2) is 9.51. The summed E-state index contributed by atoms with van der Waals surface area (Å²) in [5.41, 5.74) is 4.54. The van der Waals surface area contributed by atoms with Crippen LogP contribution in [-0.2, 0) is 10.5 Å². The molecule has 0 bridgehead atoms. The number of carbonyl (C=O) groups is 1. The van der Waals surface area contributed by atoms with E-state index in [1.165, 1.54) is 22.9 Å². The molecular weight excluding hydrogens is 373 g/mol. The van der Waals surface area contributed by atoms with Crippen molar-refractivity contribution in [2.45, 2.75) is 39.0 Å². The van der Waals surface area contributed by atoms with Crippen molar-refractivity contribution in [3.05, 3.63) is 68.7 Å². The van der Waals surface area contributed by atoms with Crippen LogP contribution >= 0.6 is 35.0 Å². The fourth-order valence-corrected chi connectivity index (χ4v) is 4.13. The third kappa shape index (κ3) is 5.67. The molecule has 5 heteroatoms. The lowest BCUT2D eigenvalue weighted by Gasteiger charge is -2.18. The van der Waals surface area contributed by atoms with Gasteiger partial charge in [0, 0.05) is 15.8 Å². The molecule has 1 amide bonds. The summed E-state index contributed by atoms with van der Waals surface area (Å²) in [7, 11) is 0. The minimum atomic E-state index is 0.0262. The molecule has 1 N–H and O–H groups in total. The number of nitrogens with one attached hydrogen (secondary N) is 1. The fourth-order valence-electron chi connectivity index (χ4n) is 2.55. The lowest BCUT2D eigenvalue weighted by Crippen LogP contribution is -2.29. The Bertz CT molecular complexity index is 728. The van der Waals surface area contributed by atoms with E-state index < -0.39 is 0 Å². The lowest BCUT2D eigenvalue weighted by molar-refractivity contribution is -0.119. The Kier molecular flexibility index (Phi) is 7.67. The molecule has 0 aliphatic heterocycles. The van der Waals surface area contributed by atoms with Crippen molar-refractivity contribution >= 4 is 40.9 Å². The maximum atomic E-state index is 12.3. The van der Waals surface area contributed by atoms with E-state index in [0.29, 0.717) is 21.6 Å². The van der Waals surface area contributed by atoms with Crippen LogP contribution in [-0.4, -0.2) is 11.7 Å². The monoisotopic (exact) mass is 395 g/mol. The van der Waals surface area contributed by atoms with Crippen LogP contribution in [0.15, 0.2) is 36.4 Å². The van der Waals surface area contributed by atoms with E-state index in [2.05, 4.69) is 44.3 Å². The Morgan fingerprint density at radius 2 is 1.80 bits per heavy atom. The maximum Gasteiger partial charge on any atom is 0.230 e. The van der Waals surface area contributed by atoms with Gasteiger partial charge in [0.1, 0.15) is 0 Å². The average molecular weight is 396 g/mol. The van der Waals surface area contributed by atoms with Gasteiger partial charge in [0.25, 0.3) is 0 Å². The van der Waals surface area contributed by atoms with Gasteiger partial charge in [-0.1, -0.05) is 54.4 Å². The summed E-state index contributed by atoms with van der Waals surface area (Å²) in [4.78, 5) is 12.3. The molecule has 0 unspecified atom stereocenters. The van der Waals surface area contributed by atoms with Crippen LogP contribution < -0.4 is 5.32 Å². The van der Waals surface area contributed by atoms with Crippen molar-refractivity contribution in [2.24, 2.45) is 0 Å². The molecule has 0 radical (unpaired) electrons. The predicted octanol–water partition coefficient (Wildman–Crippen LogP) is 6.11. The Morgan fingerprint density at radius 3 is 2.40 bits per heavy atom. The SMILES string of the molecule is CC[C@@H](NC(=O)CSCc1c(Cl)cccc1Cl)c1ccc(C)c(C)c1. The molecular formula is C20H23Cl2NOS. The van der Waals surface area contributed by atoms with E-state index in [9.17, 15) is 4.79 Å². The minimum absolute atomic E-state index is 0.0262. The first-order valence-electron chi connectivity index (χ1n) is 8.29. The minimum Gasteiger partial charge on any atom is -0.349 e. The molecule has 0 aliphatic carbocycles. The summed E-state index contributed by atoms with van der Waals surface area (Å²) < 4.78 is 0. The number of rotatable bonds is 7. The van der Waals surface area contributed by atoms with Crippen LogP contribution in [0.1, 0.15) is 41.6 Å². The first-order chi connectivity index (χ1) is 11.9. The predicted molar refractivity (Wildman–Crippen MR) is 110 cm³/mol. The summed E-state index contributed by atoms with van der Waals surface area (Å²) in [6.45, 7) is 6.27. The van der Waals surface area contributed by atoms with Gasteiger partial charge in [-0.05, 0) is 54.7 Å². The topological polar surface area (TPSA) is 29.1 Å². The highest BCUT2D eigenvalue weighted by molar-refractivity contribution is 7.99. The van der Waals surface area contributed by atoms with Gasteiger partial charge in [0.2, 0.25) is 5.91 Å². The average Bonchev–Trinajstić information content (AvgIpc) is 2.58. The van der Waals surface area contributed by atoms with Crippen LogP contribution in [0.25, 0.3) is 0 Å². The first-order valence-corrected chi connectivity index (χ1v) is 10.2. The molecule has 0 aliphatic rings. The first kappa shape index (κ1) is 20.2. The van der Waals surface area contributed by atoms with E-state index in [1.807, 2.05) is 18.2 Å². The van der Waals surface area contributed by atoms with E-state index >= 15 is 0 Å². The molecule has 2 nitrogen and oxygen atoms in total. The van der Waals surface area contributed by atoms with Crippen molar-refractivity contribution in [1.82, 2.24) is 5.32 Å². The highest BCUT2D eigenvalue weighted by atomic mass is 35.5. The van der Waals surface area contributed by atoms with Gasteiger partial charge in [0.15, 0.2) is 0 Å². The van der Waals surface area contributed by atoms with Gasteiger partial charge in [-0.2, -0.15) is 0 Å². The molecule has 25 heavy (non-hydrogen) atoms. The molecule has 2 aromatic carbocycles. The summed E-state index contributed by atoms with van der Waals surface area (Å²) in [6.07, 6.45) is 0.856. The van der Waals surface area contributed by atoms with Crippen molar-refractivity contribution < 1.29 is 4.79 Å². The fraction of sp³-hybridized carbons (Fsp3) is 0.350. The number of hydrogen-bond donors (Lipinski definition) is 1. The van der Waals surface area contributed by atoms with E-state index in [4.69, 9.17) is 23.2 Å². The second-order valence-corrected chi connectivity index (χ2v) is 7.87. The Labute approximate surface area is 164 Å². The van der Waals surface area contributed by atoms with Crippen LogP contribution in [0.2, 0.25) is 10.0 Å². The van der Waals surface area contributed by atoms with E-state index in [1.54, 1.807) is 0 Å². The quantitative estimate of drug-likeness (QED) is 0.612.